The molecule has 9 heteroatoms. The van der Waals surface area contributed by atoms with E-state index in [9.17, 15) is 14.0 Å². The molecule has 4 rings (SSSR count). The van der Waals surface area contributed by atoms with Crippen molar-refractivity contribution in [3.8, 4) is 17.2 Å². The molecule has 0 aliphatic carbocycles. The lowest BCUT2D eigenvalue weighted by Crippen LogP contribution is -2.50. The maximum atomic E-state index is 13.9. The van der Waals surface area contributed by atoms with Crippen LogP contribution in [0.2, 0.25) is 0 Å². The number of nitrogens with zero attached hydrogens (tertiary/aromatic N) is 2. The minimum atomic E-state index is -0.382. The van der Waals surface area contributed by atoms with Gasteiger partial charge in [0.05, 0.1) is 13.7 Å². The standard InChI is InChI=1S/C22H24FN3O5/c1-29-18-4-2-15(10-17(18)23)13-25-6-8-26(9-7-25)21(27)12-24-22(28)16-3-5-19-20(11-16)31-14-30-19/h2-5,10-11H,6-9,12-14H2,1H3,(H,24,28). The molecule has 0 aromatic heterocycles. The fourth-order valence-corrected chi connectivity index (χ4v) is 3.63. The second-order valence-electron chi connectivity index (χ2n) is 7.38. The molecule has 164 valence electrons. The molecular formula is C22H24FN3O5. The maximum absolute atomic E-state index is 13.9. The normalized spacial score (nSPS) is 15.6. The summed E-state index contributed by atoms with van der Waals surface area (Å²) in [6, 6.07) is 9.84. The number of fused-ring (bicyclic) bond motifs is 1. The van der Waals surface area contributed by atoms with Crippen molar-refractivity contribution < 1.29 is 28.2 Å². The number of carbonyl (C=O) groups excluding carboxylic acids is 2. The first-order valence-electron chi connectivity index (χ1n) is 10.0. The minimum absolute atomic E-state index is 0.0725. The molecule has 2 heterocycles. The molecule has 0 saturated carbocycles. The van der Waals surface area contributed by atoms with E-state index in [0.717, 1.165) is 5.56 Å². The summed E-state index contributed by atoms with van der Waals surface area (Å²) in [4.78, 5) is 28.7. The smallest absolute Gasteiger partial charge is 0.251 e. The molecule has 0 radical (unpaired) electrons. The predicted octanol–water partition coefficient (Wildman–Crippen LogP) is 1.64. The van der Waals surface area contributed by atoms with E-state index in [1.165, 1.54) is 13.2 Å². The number of halogens is 1. The average molecular weight is 429 g/mol. The Morgan fingerprint density at radius 3 is 2.58 bits per heavy atom. The van der Waals surface area contributed by atoms with Gasteiger partial charge in [-0.25, -0.2) is 4.39 Å². The van der Waals surface area contributed by atoms with Gasteiger partial charge in [-0.3, -0.25) is 14.5 Å². The molecule has 2 aromatic rings. The van der Waals surface area contributed by atoms with E-state index in [2.05, 4.69) is 10.2 Å². The lowest BCUT2D eigenvalue weighted by Gasteiger charge is -2.34. The second kappa shape index (κ2) is 9.22. The van der Waals surface area contributed by atoms with E-state index >= 15 is 0 Å². The fourth-order valence-electron chi connectivity index (χ4n) is 3.63. The Labute approximate surface area is 179 Å². The summed E-state index contributed by atoms with van der Waals surface area (Å²) in [6.07, 6.45) is 0. The average Bonchev–Trinajstić information content (AvgIpc) is 3.26. The van der Waals surface area contributed by atoms with Crippen molar-refractivity contribution in [2.75, 3.05) is 46.6 Å². The highest BCUT2D eigenvalue weighted by molar-refractivity contribution is 5.97. The topological polar surface area (TPSA) is 80.3 Å². The van der Waals surface area contributed by atoms with Crippen LogP contribution < -0.4 is 19.5 Å². The van der Waals surface area contributed by atoms with Gasteiger partial charge in [-0.1, -0.05) is 6.07 Å². The van der Waals surface area contributed by atoms with Gasteiger partial charge >= 0.3 is 0 Å². The van der Waals surface area contributed by atoms with Gasteiger partial charge in [-0.2, -0.15) is 0 Å². The third-order valence-corrected chi connectivity index (χ3v) is 5.38. The van der Waals surface area contributed by atoms with Crippen molar-refractivity contribution in [1.82, 2.24) is 15.1 Å². The van der Waals surface area contributed by atoms with Gasteiger partial charge in [0.25, 0.3) is 5.91 Å². The number of hydrogen-bond acceptors (Lipinski definition) is 6. The summed E-state index contributed by atoms with van der Waals surface area (Å²) in [7, 11) is 1.44. The van der Waals surface area contributed by atoms with Crippen molar-refractivity contribution in [2.24, 2.45) is 0 Å². The number of benzene rings is 2. The van der Waals surface area contributed by atoms with Crippen LogP contribution >= 0.6 is 0 Å². The quantitative estimate of drug-likeness (QED) is 0.752. The molecule has 8 nitrogen and oxygen atoms in total. The number of piperazine rings is 1. The van der Waals surface area contributed by atoms with Gasteiger partial charge in [0.2, 0.25) is 12.7 Å². The number of carbonyl (C=O) groups is 2. The summed E-state index contributed by atoms with van der Waals surface area (Å²) in [6.45, 7) is 3.12. The third-order valence-electron chi connectivity index (χ3n) is 5.38. The van der Waals surface area contributed by atoms with Gasteiger partial charge in [0.15, 0.2) is 23.1 Å². The van der Waals surface area contributed by atoms with Crippen molar-refractivity contribution in [2.45, 2.75) is 6.54 Å². The molecule has 0 atom stereocenters. The van der Waals surface area contributed by atoms with Crippen LogP contribution in [0.25, 0.3) is 0 Å². The van der Waals surface area contributed by atoms with E-state index in [1.54, 1.807) is 29.2 Å². The number of ether oxygens (including phenoxy) is 3. The Kier molecular flexibility index (Phi) is 6.22. The summed E-state index contributed by atoms with van der Waals surface area (Å²) < 4.78 is 29.3. The minimum Gasteiger partial charge on any atom is -0.494 e. The third kappa shape index (κ3) is 4.88. The van der Waals surface area contributed by atoms with Crippen LogP contribution in [0.5, 0.6) is 17.2 Å². The van der Waals surface area contributed by atoms with Crippen molar-refractivity contribution in [3.05, 3.63) is 53.3 Å². The molecule has 2 aliphatic rings. The van der Waals surface area contributed by atoms with Crippen LogP contribution in [-0.4, -0.2) is 68.2 Å². The van der Waals surface area contributed by atoms with Crippen molar-refractivity contribution >= 4 is 11.8 Å². The van der Waals surface area contributed by atoms with Crippen LogP contribution in [-0.2, 0) is 11.3 Å². The molecule has 2 aliphatic heterocycles. The van der Waals surface area contributed by atoms with Crippen molar-refractivity contribution in [3.63, 3.8) is 0 Å². The summed E-state index contributed by atoms with van der Waals surface area (Å²) in [5, 5.41) is 2.66. The van der Waals surface area contributed by atoms with E-state index < -0.39 is 0 Å². The van der Waals surface area contributed by atoms with Gasteiger partial charge in [-0.15, -0.1) is 0 Å². The zero-order valence-electron chi connectivity index (χ0n) is 17.2. The van der Waals surface area contributed by atoms with E-state index in [4.69, 9.17) is 14.2 Å². The lowest BCUT2D eigenvalue weighted by molar-refractivity contribution is -0.131. The molecule has 1 N–H and O–H groups in total. The fraction of sp³-hybridized carbons (Fsp3) is 0.364. The SMILES string of the molecule is COc1ccc(CN2CCN(C(=O)CNC(=O)c3ccc4c(c3)OCO4)CC2)cc1F. The monoisotopic (exact) mass is 429 g/mol. The number of nitrogens with one attached hydrogen (secondary N) is 1. The number of hydrogen-bond donors (Lipinski definition) is 1. The van der Waals surface area contributed by atoms with Crippen LogP contribution in [0, 0.1) is 5.82 Å². The molecule has 1 fully saturated rings. The molecule has 0 bridgehead atoms. The lowest BCUT2D eigenvalue weighted by atomic mass is 10.1. The zero-order valence-corrected chi connectivity index (χ0v) is 17.2. The number of rotatable bonds is 6. The predicted molar refractivity (Wildman–Crippen MR) is 110 cm³/mol. The highest BCUT2D eigenvalue weighted by Crippen LogP contribution is 2.32. The van der Waals surface area contributed by atoms with Gasteiger partial charge in [0, 0.05) is 38.3 Å². The largest absolute Gasteiger partial charge is 0.494 e. The van der Waals surface area contributed by atoms with Crippen LogP contribution in [0.1, 0.15) is 15.9 Å². The first-order valence-corrected chi connectivity index (χ1v) is 10.0. The molecule has 31 heavy (non-hydrogen) atoms. The van der Waals surface area contributed by atoms with Gasteiger partial charge in [-0.05, 0) is 35.9 Å². The van der Waals surface area contributed by atoms with E-state index in [1.807, 2.05) is 6.07 Å². The second-order valence-corrected chi connectivity index (χ2v) is 7.38. The van der Waals surface area contributed by atoms with Crippen LogP contribution in [0.4, 0.5) is 4.39 Å². The molecule has 0 spiro atoms. The van der Waals surface area contributed by atoms with Crippen molar-refractivity contribution in [1.29, 1.82) is 0 Å². The number of amides is 2. The molecular weight excluding hydrogens is 405 g/mol. The zero-order chi connectivity index (χ0) is 21.8. The Balaban J connectivity index is 1.23. The van der Waals surface area contributed by atoms with E-state index in [0.29, 0.717) is 49.8 Å². The van der Waals surface area contributed by atoms with Gasteiger partial charge in [0.1, 0.15) is 0 Å². The Morgan fingerprint density at radius 1 is 1.06 bits per heavy atom. The molecule has 0 unspecified atom stereocenters. The summed E-state index contributed by atoms with van der Waals surface area (Å²) in [5.74, 6) is 0.486. The Morgan fingerprint density at radius 2 is 1.84 bits per heavy atom. The molecule has 2 amide bonds. The van der Waals surface area contributed by atoms with Crippen LogP contribution in [0.15, 0.2) is 36.4 Å². The number of methoxy groups -OCH3 is 1. The highest BCUT2D eigenvalue weighted by Gasteiger charge is 2.22. The van der Waals surface area contributed by atoms with Crippen LogP contribution in [0.3, 0.4) is 0 Å². The summed E-state index contributed by atoms with van der Waals surface area (Å²) >= 11 is 0. The highest BCUT2D eigenvalue weighted by atomic mass is 19.1. The maximum Gasteiger partial charge on any atom is 0.251 e. The first-order chi connectivity index (χ1) is 15.0. The Hall–Kier alpha value is -3.33. The molecule has 1 saturated heterocycles. The molecule has 2 aromatic carbocycles. The van der Waals surface area contributed by atoms with E-state index in [-0.39, 0.29) is 36.7 Å². The van der Waals surface area contributed by atoms with Gasteiger partial charge < -0.3 is 24.4 Å². The summed E-state index contributed by atoms with van der Waals surface area (Å²) in [5.41, 5.74) is 1.27. The first kappa shape index (κ1) is 20.9. The Bertz CT molecular complexity index is 976.